The van der Waals surface area contributed by atoms with E-state index in [4.69, 9.17) is 9.47 Å². The van der Waals surface area contributed by atoms with Crippen molar-refractivity contribution in [3.8, 4) is 11.5 Å². The third kappa shape index (κ3) is 3.74. The molecule has 3 heterocycles. The minimum atomic E-state index is -0.720. The molecule has 0 amide bonds. The molecular weight excluding hydrogens is 411 g/mol. The Balaban J connectivity index is 1.28. The average Bonchev–Trinajstić information content (AvgIpc) is 3.10. The molecule has 2 aromatic carbocycles. The number of aliphatic hydroxyl groups excluding tert-OH is 2. The molecule has 2 atom stereocenters. The Labute approximate surface area is 186 Å². The Morgan fingerprint density at radius 3 is 2.78 bits per heavy atom. The summed E-state index contributed by atoms with van der Waals surface area (Å²) < 4.78 is 25.5. The van der Waals surface area contributed by atoms with Gasteiger partial charge in [-0.15, -0.1) is 0 Å². The summed E-state index contributed by atoms with van der Waals surface area (Å²) >= 11 is 0. The molecule has 2 aliphatic rings. The van der Waals surface area contributed by atoms with E-state index in [1.54, 1.807) is 13.2 Å². The zero-order valence-electron chi connectivity index (χ0n) is 18.4. The number of aromatic nitrogens is 1. The number of halogens is 1. The van der Waals surface area contributed by atoms with Crippen LogP contribution in [0.25, 0.3) is 10.9 Å². The van der Waals surface area contributed by atoms with Crippen LogP contribution in [0.3, 0.4) is 0 Å². The van der Waals surface area contributed by atoms with Gasteiger partial charge in [0, 0.05) is 59.8 Å². The van der Waals surface area contributed by atoms with Gasteiger partial charge < -0.3 is 29.6 Å². The number of β-amino-alcohol motifs (C(OH)–C–C–N with tert-alkyl or cyclic N) is 1. The first-order valence-corrected chi connectivity index (χ1v) is 11.1. The number of nitrogens with one attached hydrogen (secondary N) is 1. The van der Waals surface area contributed by atoms with Crippen LogP contribution < -0.4 is 9.47 Å². The van der Waals surface area contributed by atoms with Crippen LogP contribution in [0.4, 0.5) is 4.39 Å². The highest BCUT2D eigenvalue weighted by molar-refractivity contribution is 5.85. The minimum absolute atomic E-state index is 0.310. The van der Waals surface area contributed by atoms with Gasteiger partial charge in [-0.3, -0.25) is 0 Å². The van der Waals surface area contributed by atoms with Crippen LogP contribution in [-0.4, -0.2) is 52.4 Å². The Morgan fingerprint density at radius 1 is 1.25 bits per heavy atom. The molecule has 3 N–H and O–H groups in total. The molecule has 0 radical (unpaired) electrons. The van der Waals surface area contributed by atoms with Gasteiger partial charge >= 0.3 is 0 Å². The molecule has 1 saturated heterocycles. The number of aliphatic hydroxyl groups is 2. The molecule has 0 unspecified atom stereocenters. The van der Waals surface area contributed by atoms with Crippen LogP contribution in [0.5, 0.6) is 11.5 Å². The maximum atomic E-state index is 13.8. The van der Waals surface area contributed by atoms with Crippen LogP contribution in [0.2, 0.25) is 0 Å². The standard InChI is InChI=1S/C25H29FN2O4/c1-15-24(19-11-16(26)3-6-20(19)27-15)22(30)14-28-9-7-25(8-10-28)13-21(29)18-5-4-17(31-2)12-23(18)32-25/h3-6,11-12,21-22,27,29-30H,7-10,13-14H2,1-2H3/t21-,22+/m1/s1. The van der Waals surface area contributed by atoms with Crippen LogP contribution >= 0.6 is 0 Å². The monoisotopic (exact) mass is 440 g/mol. The molecule has 0 bridgehead atoms. The molecular formula is C25H29FN2O4. The van der Waals surface area contributed by atoms with E-state index in [1.807, 2.05) is 25.1 Å². The number of methoxy groups -OCH3 is 1. The lowest BCUT2D eigenvalue weighted by Gasteiger charge is -2.46. The SMILES string of the molecule is COc1ccc2c(c1)OC1(CCN(C[C@H](O)c3c(C)[nH]c4ccc(F)cc34)CC1)C[C@H]2O. The van der Waals surface area contributed by atoms with E-state index in [9.17, 15) is 14.6 Å². The van der Waals surface area contributed by atoms with Gasteiger partial charge in [-0.1, -0.05) is 0 Å². The summed E-state index contributed by atoms with van der Waals surface area (Å²) in [5.41, 5.74) is 2.83. The molecule has 5 rings (SSSR count). The van der Waals surface area contributed by atoms with Crippen molar-refractivity contribution in [2.45, 2.75) is 44.0 Å². The predicted molar refractivity (Wildman–Crippen MR) is 120 cm³/mol. The summed E-state index contributed by atoms with van der Waals surface area (Å²) in [5, 5.41) is 22.4. The fourth-order valence-electron chi connectivity index (χ4n) is 5.28. The second kappa shape index (κ2) is 8.06. The molecule has 1 fully saturated rings. The Morgan fingerprint density at radius 2 is 2.03 bits per heavy atom. The molecule has 7 heteroatoms. The van der Waals surface area contributed by atoms with Crippen molar-refractivity contribution in [3.63, 3.8) is 0 Å². The zero-order chi connectivity index (χ0) is 22.5. The van der Waals surface area contributed by atoms with Gasteiger partial charge in [0.15, 0.2) is 0 Å². The number of aromatic amines is 1. The Hall–Kier alpha value is -2.61. The van der Waals surface area contributed by atoms with Crippen LogP contribution in [0, 0.1) is 12.7 Å². The molecule has 0 saturated carbocycles. The van der Waals surface area contributed by atoms with E-state index in [0.717, 1.165) is 53.7 Å². The van der Waals surface area contributed by atoms with Gasteiger partial charge in [0.2, 0.25) is 0 Å². The van der Waals surface area contributed by atoms with Crippen LogP contribution in [0.1, 0.15) is 48.3 Å². The van der Waals surface area contributed by atoms with Crippen molar-refractivity contribution >= 4 is 10.9 Å². The highest BCUT2D eigenvalue weighted by Crippen LogP contribution is 2.45. The number of likely N-dealkylation sites (tertiary alicyclic amines) is 1. The lowest BCUT2D eigenvalue weighted by Crippen LogP contribution is -2.51. The number of nitrogens with zero attached hydrogens (tertiary/aromatic N) is 1. The van der Waals surface area contributed by atoms with E-state index < -0.39 is 17.8 Å². The van der Waals surface area contributed by atoms with Crippen molar-refractivity contribution < 1.29 is 24.1 Å². The number of H-pyrrole nitrogens is 1. The van der Waals surface area contributed by atoms with Gasteiger partial charge in [0.05, 0.1) is 19.3 Å². The first-order chi connectivity index (χ1) is 15.4. The smallest absolute Gasteiger partial charge is 0.129 e. The zero-order valence-corrected chi connectivity index (χ0v) is 18.4. The van der Waals surface area contributed by atoms with E-state index >= 15 is 0 Å². The fraction of sp³-hybridized carbons (Fsp3) is 0.440. The number of piperidine rings is 1. The number of hydrogen-bond donors (Lipinski definition) is 3. The molecule has 170 valence electrons. The summed E-state index contributed by atoms with van der Waals surface area (Å²) in [6.45, 7) is 3.87. The Kier molecular flexibility index (Phi) is 5.35. The normalized spacial score (nSPS) is 21.3. The first kappa shape index (κ1) is 21.2. The molecule has 1 spiro atoms. The van der Waals surface area contributed by atoms with Crippen LogP contribution in [-0.2, 0) is 0 Å². The van der Waals surface area contributed by atoms with Gasteiger partial charge in [0.25, 0.3) is 0 Å². The molecule has 6 nitrogen and oxygen atoms in total. The summed E-state index contributed by atoms with van der Waals surface area (Å²) in [6, 6.07) is 10.2. The van der Waals surface area contributed by atoms with Crippen molar-refractivity contribution in [1.82, 2.24) is 9.88 Å². The van der Waals surface area contributed by atoms with Gasteiger partial charge in [-0.05, 0) is 50.1 Å². The second-order valence-electron chi connectivity index (χ2n) is 9.08. The van der Waals surface area contributed by atoms with E-state index in [2.05, 4.69) is 9.88 Å². The van der Waals surface area contributed by atoms with Gasteiger partial charge in [-0.2, -0.15) is 0 Å². The molecule has 2 aliphatic heterocycles. The van der Waals surface area contributed by atoms with E-state index in [-0.39, 0.29) is 5.82 Å². The Bertz CT molecular complexity index is 1140. The average molecular weight is 441 g/mol. The summed E-state index contributed by atoms with van der Waals surface area (Å²) in [6.07, 6.45) is 0.793. The van der Waals surface area contributed by atoms with Gasteiger partial charge in [-0.25, -0.2) is 4.39 Å². The minimum Gasteiger partial charge on any atom is -0.497 e. The van der Waals surface area contributed by atoms with Crippen molar-refractivity contribution in [2.24, 2.45) is 0 Å². The third-order valence-electron chi connectivity index (χ3n) is 7.00. The predicted octanol–water partition coefficient (Wildman–Crippen LogP) is 4.01. The lowest BCUT2D eigenvalue weighted by atomic mass is 9.81. The largest absolute Gasteiger partial charge is 0.497 e. The van der Waals surface area contributed by atoms with Crippen LogP contribution in [0.15, 0.2) is 36.4 Å². The summed E-state index contributed by atoms with van der Waals surface area (Å²) in [5.74, 6) is 1.09. The number of rotatable bonds is 4. The molecule has 1 aromatic heterocycles. The molecule has 32 heavy (non-hydrogen) atoms. The number of aryl methyl sites for hydroxylation is 1. The number of hydrogen-bond acceptors (Lipinski definition) is 5. The van der Waals surface area contributed by atoms with Gasteiger partial charge in [0.1, 0.15) is 22.9 Å². The highest BCUT2D eigenvalue weighted by atomic mass is 19.1. The fourth-order valence-corrected chi connectivity index (χ4v) is 5.28. The number of ether oxygens (including phenoxy) is 2. The highest BCUT2D eigenvalue weighted by Gasteiger charge is 2.43. The van der Waals surface area contributed by atoms with E-state index in [0.29, 0.717) is 24.5 Å². The second-order valence-corrected chi connectivity index (χ2v) is 9.08. The summed E-state index contributed by atoms with van der Waals surface area (Å²) in [4.78, 5) is 5.45. The first-order valence-electron chi connectivity index (χ1n) is 11.1. The summed E-state index contributed by atoms with van der Waals surface area (Å²) in [7, 11) is 1.62. The van der Waals surface area contributed by atoms with Crippen molar-refractivity contribution in [2.75, 3.05) is 26.7 Å². The third-order valence-corrected chi connectivity index (χ3v) is 7.00. The lowest BCUT2D eigenvalue weighted by molar-refractivity contribution is -0.0588. The maximum Gasteiger partial charge on any atom is 0.129 e. The number of fused-ring (bicyclic) bond motifs is 2. The molecule has 0 aliphatic carbocycles. The topological polar surface area (TPSA) is 78.0 Å². The maximum absolute atomic E-state index is 13.8. The molecule has 3 aromatic rings. The quantitative estimate of drug-likeness (QED) is 0.572. The van der Waals surface area contributed by atoms with Crippen molar-refractivity contribution in [3.05, 3.63) is 59.0 Å². The number of benzene rings is 2. The van der Waals surface area contributed by atoms with Crippen molar-refractivity contribution in [1.29, 1.82) is 0 Å². The van der Waals surface area contributed by atoms with E-state index in [1.165, 1.54) is 12.1 Å².